The highest BCUT2D eigenvalue weighted by molar-refractivity contribution is 5.78. The van der Waals surface area contributed by atoms with Crippen LogP contribution < -0.4 is 0 Å². The summed E-state index contributed by atoms with van der Waals surface area (Å²) in [4.78, 5) is 19.4. The van der Waals surface area contributed by atoms with Crippen LogP contribution in [0.5, 0.6) is 0 Å². The summed E-state index contributed by atoms with van der Waals surface area (Å²) in [6.45, 7) is 12.5. The Morgan fingerprint density at radius 1 is 0.880 bits per heavy atom. The zero-order valence-electron chi connectivity index (χ0n) is 15.9. The van der Waals surface area contributed by atoms with Gasteiger partial charge in [-0.3, -0.25) is 9.69 Å². The fourth-order valence-corrected chi connectivity index (χ4v) is 4.14. The van der Waals surface area contributed by atoms with Crippen LogP contribution in [0.15, 0.2) is 30.3 Å². The van der Waals surface area contributed by atoms with E-state index in [0.717, 1.165) is 52.2 Å². The second-order valence-corrected chi connectivity index (χ2v) is 8.24. The van der Waals surface area contributed by atoms with Crippen LogP contribution in [0.4, 0.5) is 0 Å². The van der Waals surface area contributed by atoms with E-state index in [2.05, 4.69) is 54.0 Å². The Morgan fingerprint density at radius 2 is 1.52 bits per heavy atom. The largest absolute Gasteiger partial charge is 0.342 e. The fraction of sp³-hybridized carbons (Fsp3) is 0.667. The van der Waals surface area contributed by atoms with E-state index < -0.39 is 0 Å². The highest BCUT2D eigenvalue weighted by Gasteiger charge is 2.26. The smallest absolute Gasteiger partial charge is 0.236 e. The quantitative estimate of drug-likeness (QED) is 0.822. The summed E-state index contributed by atoms with van der Waals surface area (Å²) in [5, 5.41) is 0. The minimum atomic E-state index is 0.155. The first-order valence-electron chi connectivity index (χ1n) is 9.83. The average Bonchev–Trinajstić information content (AvgIpc) is 3.06. The number of benzene rings is 1. The van der Waals surface area contributed by atoms with Gasteiger partial charge in [-0.1, -0.05) is 44.2 Å². The lowest BCUT2D eigenvalue weighted by Gasteiger charge is -2.32. The second kappa shape index (κ2) is 8.33. The molecule has 2 saturated heterocycles. The van der Waals surface area contributed by atoms with Crippen molar-refractivity contribution in [2.24, 2.45) is 0 Å². The lowest BCUT2D eigenvalue weighted by atomic mass is 9.84. The van der Waals surface area contributed by atoms with Gasteiger partial charge in [0.05, 0.1) is 6.54 Å². The second-order valence-electron chi connectivity index (χ2n) is 8.24. The normalized spacial score (nSPS) is 20.6. The van der Waals surface area contributed by atoms with Gasteiger partial charge in [0.15, 0.2) is 0 Å². The molecule has 0 aromatic heterocycles. The number of amides is 1. The van der Waals surface area contributed by atoms with Gasteiger partial charge in [0.1, 0.15) is 0 Å². The summed E-state index contributed by atoms with van der Waals surface area (Å²) in [6.07, 6.45) is 3.50. The average molecular weight is 344 g/mol. The Morgan fingerprint density at radius 3 is 2.24 bits per heavy atom. The van der Waals surface area contributed by atoms with Crippen molar-refractivity contribution in [1.82, 2.24) is 14.7 Å². The minimum absolute atomic E-state index is 0.155. The van der Waals surface area contributed by atoms with Gasteiger partial charge < -0.3 is 9.80 Å². The number of carbonyl (C=O) groups excluding carboxylic acids is 1. The molecule has 0 saturated carbocycles. The van der Waals surface area contributed by atoms with E-state index >= 15 is 0 Å². The first-order valence-corrected chi connectivity index (χ1v) is 9.83. The van der Waals surface area contributed by atoms with Gasteiger partial charge in [-0.2, -0.15) is 0 Å². The summed E-state index contributed by atoms with van der Waals surface area (Å²) in [5.41, 5.74) is 1.56. The molecule has 0 radical (unpaired) electrons. The van der Waals surface area contributed by atoms with Crippen LogP contribution in [0.3, 0.4) is 0 Å². The van der Waals surface area contributed by atoms with E-state index in [4.69, 9.17) is 0 Å². The molecular weight excluding hydrogens is 310 g/mol. The molecule has 2 heterocycles. The zero-order valence-corrected chi connectivity index (χ0v) is 15.9. The molecule has 2 aliphatic rings. The molecule has 1 aromatic rings. The summed E-state index contributed by atoms with van der Waals surface area (Å²) >= 11 is 0. The molecule has 4 nitrogen and oxygen atoms in total. The molecule has 0 atom stereocenters. The Bertz CT molecular complexity index is 552. The monoisotopic (exact) mass is 343 g/mol. The molecule has 1 amide bonds. The highest BCUT2D eigenvalue weighted by Crippen LogP contribution is 2.24. The molecule has 4 heteroatoms. The van der Waals surface area contributed by atoms with E-state index in [-0.39, 0.29) is 5.41 Å². The third-order valence-corrected chi connectivity index (χ3v) is 5.67. The van der Waals surface area contributed by atoms with E-state index in [0.29, 0.717) is 12.5 Å². The molecule has 1 aromatic carbocycles. The van der Waals surface area contributed by atoms with Crippen molar-refractivity contribution in [1.29, 1.82) is 0 Å². The Labute approximate surface area is 152 Å². The summed E-state index contributed by atoms with van der Waals surface area (Å²) in [5.74, 6) is 0.329. The standard InChI is InChI=1S/C21H33N3O/c1-21(2,19-9-4-3-5-10-19)18-23-12-8-11-22(15-16-23)17-20(25)24-13-6-7-14-24/h3-5,9-10H,6-8,11-18H2,1-2H3. The molecule has 0 bridgehead atoms. The topological polar surface area (TPSA) is 26.8 Å². The summed E-state index contributed by atoms with van der Waals surface area (Å²) < 4.78 is 0. The van der Waals surface area contributed by atoms with Crippen LogP contribution in [-0.4, -0.2) is 73.0 Å². The molecule has 2 fully saturated rings. The predicted molar refractivity (Wildman–Crippen MR) is 103 cm³/mol. The van der Waals surface area contributed by atoms with Gasteiger partial charge in [-0.25, -0.2) is 0 Å². The van der Waals surface area contributed by atoms with E-state index in [1.165, 1.54) is 18.4 Å². The van der Waals surface area contributed by atoms with Crippen molar-refractivity contribution in [3.8, 4) is 0 Å². The number of hydrogen-bond donors (Lipinski definition) is 0. The zero-order chi connectivity index (χ0) is 17.7. The third kappa shape index (κ3) is 5.05. The lowest BCUT2D eigenvalue weighted by Crippen LogP contribution is -2.42. The van der Waals surface area contributed by atoms with Gasteiger partial charge in [0.2, 0.25) is 5.91 Å². The minimum Gasteiger partial charge on any atom is -0.342 e. The van der Waals surface area contributed by atoms with Crippen LogP contribution >= 0.6 is 0 Å². The Hall–Kier alpha value is -1.39. The Kier molecular flexibility index (Phi) is 6.13. The molecule has 138 valence electrons. The molecule has 0 spiro atoms. The maximum Gasteiger partial charge on any atom is 0.236 e. The predicted octanol–water partition coefficient (Wildman–Crippen LogP) is 2.59. The molecule has 0 aliphatic carbocycles. The molecule has 25 heavy (non-hydrogen) atoms. The van der Waals surface area contributed by atoms with Crippen LogP contribution in [0, 0.1) is 0 Å². The van der Waals surface area contributed by atoms with E-state index in [1.807, 2.05) is 4.90 Å². The van der Waals surface area contributed by atoms with Crippen LogP contribution in [0.25, 0.3) is 0 Å². The van der Waals surface area contributed by atoms with Crippen molar-refractivity contribution < 1.29 is 4.79 Å². The van der Waals surface area contributed by atoms with Gasteiger partial charge in [0.25, 0.3) is 0 Å². The van der Waals surface area contributed by atoms with Crippen molar-refractivity contribution in [2.75, 3.05) is 52.4 Å². The Balaban J connectivity index is 1.50. The lowest BCUT2D eigenvalue weighted by molar-refractivity contribution is -0.131. The highest BCUT2D eigenvalue weighted by atomic mass is 16.2. The van der Waals surface area contributed by atoms with Crippen LogP contribution in [0.2, 0.25) is 0 Å². The van der Waals surface area contributed by atoms with Crippen LogP contribution in [-0.2, 0) is 10.2 Å². The number of likely N-dealkylation sites (tertiary alicyclic amines) is 1. The summed E-state index contributed by atoms with van der Waals surface area (Å²) in [6, 6.07) is 10.8. The number of carbonyl (C=O) groups is 1. The van der Waals surface area contributed by atoms with E-state index in [1.54, 1.807) is 0 Å². The van der Waals surface area contributed by atoms with Crippen molar-refractivity contribution in [2.45, 2.75) is 38.5 Å². The number of hydrogen-bond acceptors (Lipinski definition) is 3. The van der Waals surface area contributed by atoms with Gasteiger partial charge in [-0.15, -0.1) is 0 Å². The fourth-order valence-electron chi connectivity index (χ4n) is 4.14. The first kappa shape index (κ1) is 18.4. The molecule has 0 unspecified atom stereocenters. The summed E-state index contributed by atoms with van der Waals surface area (Å²) in [7, 11) is 0. The first-order chi connectivity index (χ1) is 12.0. The third-order valence-electron chi connectivity index (χ3n) is 5.67. The number of rotatable bonds is 5. The molecular formula is C21H33N3O. The van der Waals surface area contributed by atoms with Gasteiger partial charge in [-0.05, 0) is 37.9 Å². The van der Waals surface area contributed by atoms with E-state index in [9.17, 15) is 4.79 Å². The maximum absolute atomic E-state index is 12.4. The SMILES string of the molecule is CC(C)(CN1CCCN(CC(=O)N2CCCC2)CC1)c1ccccc1. The van der Waals surface area contributed by atoms with Crippen molar-refractivity contribution in [3.05, 3.63) is 35.9 Å². The van der Waals surface area contributed by atoms with Crippen molar-refractivity contribution in [3.63, 3.8) is 0 Å². The maximum atomic E-state index is 12.4. The van der Waals surface area contributed by atoms with Gasteiger partial charge in [0, 0.05) is 38.1 Å². The molecule has 0 N–H and O–H groups in total. The van der Waals surface area contributed by atoms with Crippen molar-refractivity contribution >= 4 is 5.91 Å². The van der Waals surface area contributed by atoms with Crippen LogP contribution in [0.1, 0.15) is 38.7 Å². The molecule has 3 rings (SSSR count). The molecule has 2 aliphatic heterocycles. The van der Waals surface area contributed by atoms with Gasteiger partial charge >= 0.3 is 0 Å². The number of nitrogens with zero attached hydrogens (tertiary/aromatic N) is 3.